The molecule has 0 saturated carbocycles. The quantitative estimate of drug-likeness (QED) is 0.869. The average Bonchev–Trinajstić information content (AvgIpc) is 3.17. The monoisotopic (exact) mass is 327 g/mol. The van der Waals surface area contributed by atoms with Crippen molar-refractivity contribution >= 4 is 0 Å². The summed E-state index contributed by atoms with van der Waals surface area (Å²) in [6, 6.07) is 10.3. The average molecular weight is 327 g/mol. The predicted octanol–water partition coefficient (Wildman–Crippen LogP) is 2.83. The first-order valence-electron chi connectivity index (χ1n) is 8.78. The molecule has 0 amide bonds. The van der Waals surface area contributed by atoms with Gasteiger partial charge < -0.3 is 9.47 Å². The van der Waals surface area contributed by atoms with Crippen LogP contribution in [-0.4, -0.2) is 46.8 Å². The SMILES string of the molecule is Cc1nn(-c2ccccc2)c(C)c1CN1CCC2(CC1)OCCO2. The van der Waals surface area contributed by atoms with Gasteiger partial charge >= 0.3 is 0 Å². The second kappa shape index (κ2) is 6.31. The molecule has 24 heavy (non-hydrogen) atoms. The Labute approximate surface area is 143 Å². The number of piperidine rings is 1. The van der Waals surface area contributed by atoms with E-state index in [4.69, 9.17) is 14.6 Å². The first-order valence-corrected chi connectivity index (χ1v) is 8.78. The zero-order valence-corrected chi connectivity index (χ0v) is 14.5. The fraction of sp³-hybridized carbons (Fsp3) is 0.526. The van der Waals surface area contributed by atoms with E-state index in [1.165, 1.54) is 11.3 Å². The molecule has 4 rings (SSSR count). The zero-order valence-electron chi connectivity index (χ0n) is 14.5. The van der Waals surface area contributed by atoms with Crippen LogP contribution >= 0.6 is 0 Å². The molecule has 5 heteroatoms. The van der Waals surface area contributed by atoms with Gasteiger partial charge in [-0.25, -0.2) is 4.68 Å². The van der Waals surface area contributed by atoms with Gasteiger partial charge in [0.25, 0.3) is 0 Å². The van der Waals surface area contributed by atoms with Crippen molar-refractivity contribution in [2.24, 2.45) is 0 Å². The third kappa shape index (κ3) is 2.88. The Kier molecular flexibility index (Phi) is 4.16. The van der Waals surface area contributed by atoms with Crippen LogP contribution in [0.2, 0.25) is 0 Å². The maximum absolute atomic E-state index is 5.82. The fourth-order valence-corrected chi connectivity index (χ4v) is 3.79. The van der Waals surface area contributed by atoms with Gasteiger partial charge in [-0.05, 0) is 26.0 Å². The summed E-state index contributed by atoms with van der Waals surface area (Å²) in [6.45, 7) is 8.71. The number of benzene rings is 1. The first kappa shape index (κ1) is 15.8. The Morgan fingerprint density at radius 3 is 2.38 bits per heavy atom. The number of hydrogen-bond donors (Lipinski definition) is 0. The maximum Gasteiger partial charge on any atom is 0.170 e. The van der Waals surface area contributed by atoms with E-state index in [-0.39, 0.29) is 5.79 Å². The third-order valence-corrected chi connectivity index (χ3v) is 5.26. The van der Waals surface area contributed by atoms with Gasteiger partial charge in [0.2, 0.25) is 0 Å². The lowest BCUT2D eigenvalue weighted by molar-refractivity contribution is -0.185. The van der Waals surface area contributed by atoms with Gasteiger partial charge in [0, 0.05) is 43.7 Å². The smallest absolute Gasteiger partial charge is 0.170 e. The minimum Gasteiger partial charge on any atom is -0.347 e. The van der Waals surface area contributed by atoms with Crippen LogP contribution in [0.25, 0.3) is 5.69 Å². The van der Waals surface area contributed by atoms with Gasteiger partial charge in [0.15, 0.2) is 5.79 Å². The van der Waals surface area contributed by atoms with Crippen molar-refractivity contribution in [2.75, 3.05) is 26.3 Å². The number of nitrogens with zero attached hydrogens (tertiary/aromatic N) is 3. The molecule has 1 aromatic carbocycles. The van der Waals surface area contributed by atoms with Crippen molar-refractivity contribution in [3.05, 3.63) is 47.3 Å². The minimum atomic E-state index is -0.297. The lowest BCUT2D eigenvalue weighted by Crippen LogP contribution is -2.44. The summed E-state index contributed by atoms with van der Waals surface area (Å²) < 4.78 is 13.7. The number of aromatic nitrogens is 2. The molecule has 2 aliphatic heterocycles. The molecular weight excluding hydrogens is 302 g/mol. The molecule has 128 valence electrons. The molecule has 3 heterocycles. The van der Waals surface area contributed by atoms with Gasteiger partial charge in [-0.15, -0.1) is 0 Å². The Morgan fingerprint density at radius 2 is 1.71 bits per heavy atom. The highest BCUT2D eigenvalue weighted by atomic mass is 16.7. The van der Waals surface area contributed by atoms with Crippen molar-refractivity contribution < 1.29 is 9.47 Å². The summed E-state index contributed by atoms with van der Waals surface area (Å²) in [4.78, 5) is 2.49. The maximum atomic E-state index is 5.82. The molecule has 2 aromatic rings. The Bertz CT molecular complexity index is 695. The Morgan fingerprint density at radius 1 is 1.04 bits per heavy atom. The van der Waals surface area contributed by atoms with Crippen LogP contribution in [0.1, 0.15) is 29.8 Å². The fourth-order valence-electron chi connectivity index (χ4n) is 3.79. The van der Waals surface area contributed by atoms with Crippen molar-refractivity contribution in [1.82, 2.24) is 14.7 Å². The Balaban J connectivity index is 1.48. The molecule has 5 nitrogen and oxygen atoms in total. The summed E-state index contributed by atoms with van der Waals surface area (Å²) in [7, 11) is 0. The van der Waals surface area contributed by atoms with E-state index in [2.05, 4.69) is 47.7 Å². The standard InChI is InChI=1S/C19H25N3O2/c1-15-18(16(2)22(20-15)17-6-4-3-5-7-17)14-21-10-8-19(9-11-21)23-12-13-24-19/h3-7H,8-14H2,1-2H3. The lowest BCUT2D eigenvalue weighted by atomic mass is 10.0. The number of likely N-dealkylation sites (tertiary alicyclic amines) is 1. The molecule has 0 atom stereocenters. The van der Waals surface area contributed by atoms with Crippen molar-refractivity contribution in [3.63, 3.8) is 0 Å². The van der Waals surface area contributed by atoms with Gasteiger partial charge in [0.1, 0.15) is 0 Å². The van der Waals surface area contributed by atoms with E-state index in [1.54, 1.807) is 0 Å². The highest BCUT2D eigenvalue weighted by Crippen LogP contribution is 2.32. The van der Waals surface area contributed by atoms with Crippen LogP contribution in [0, 0.1) is 13.8 Å². The summed E-state index contributed by atoms with van der Waals surface area (Å²) in [5.41, 5.74) is 4.80. The van der Waals surface area contributed by atoms with E-state index in [0.29, 0.717) is 0 Å². The third-order valence-electron chi connectivity index (χ3n) is 5.26. The molecule has 1 spiro atoms. The zero-order chi connectivity index (χ0) is 16.6. The van der Waals surface area contributed by atoms with Crippen LogP contribution < -0.4 is 0 Å². The molecule has 0 unspecified atom stereocenters. The largest absolute Gasteiger partial charge is 0.347 e. The van der Waals surface area contributed by atoms with E-state index in [9.17, 15) is 0 Å². The van der Waals surface area contributed by atoms with Crippen molar-refractivity contribution in [1.29, 1.82) is 0 Å². The van der Waals surface area contributed by atoms with Crippen LogP contribution in [0.15, 0.2) is 30.3 Å². The number of aryl methyl sites for hydroxylation is 1. The summed E-state index contributed by atoms with van der Waals surface area (Å²) in [5, 5.41) is 4.76. The number of ether oxygens (including phenoxy) is 2. The number of rotatable bonds is 3. The summed E-state index contributed by atoms with van der Waals surface area (Å²) in [5.74, 6) is -0.297. The first-order chi connectivity index (χ1) is 11.7. The van der Waals surface area contributed by atoms with Crippen LogP contribution in [-0.2, 0) is 16.0 Å². The lowest BCUT2D eigenvalue weighted by Gasteiger charge is -2.37. The van der Waals surface area contributed by atoms with Crippen LogP contribution in [0.4, 0.5) is 0 Å². The van der Waals surface area contributed by atoms with Crippen LogP contribution in [0.3, 0.4) is 0 Å². The van der Waals surface area contributed by atoms with Gasteiger partial charge in [0.05, 0.1) is 24.6 Å². The van der Waals surface area contributed by atoms with Crippen molar-refractivity contribution in [2.45, 2.75) is 39.0 Å². The Hall–Kier alpha value is -1.69. The summed E-state index contributed by atoms with van der Waals surface area (Å²) >= 11 is 0. The number of para-hydroxylation sites is 1. The predicted molar refractivity (Wildman–Crippen MR) is 92.2 cm³/mol. The molecule has 0 bridgehead atoms. The molecule has 2 fully saturated rings. The van der Waals surface area contributed by atoms with E-state index >= 15 is 0 Å². The van der Waals surface area contributed by atoms with Gasteiger partial charge in [-0.3, -0.25) is 4.90 Å². The molecule has 2 saturated heterocycles. The van der Waals surface area contributed by atoms with E-state index < -0.39 is 0 Å². The molecule has 0 aliphatic carbocycles. The van der Waals surface area contributed by atoms with Crippen LogP contribution in [0.5, 0.6) is 0 Å². The highest BCUT2D eigenvalue weighted by molar-refractivity contribution is 5.36. The molecule has 0 radical (unpaired) electrons. The summed E-state index contributed by atoms with van der Waals surface area (Å²) in [6.07, 6.45) is 1.91. The van der Waals surface area contributed by atoms with Crippen molar-refractivity contribution in [3.8, 4) is 5.69 Å². The molecular formula is C19H25N3O2. The number of hydrogen-bond acceptors (Lipinski definition) is 4. The highest BCUT2D eigenvalue weighted by Gasteiger charge is 2.39. The minimum absolute atomic E-state index is 0.297. The molecule has 1 aromatic heterocycles. The topological polar surface area (TPSA) is 39.5 Å². The van der Waals surface area contributed by atoms with Gasteiger partial charge in [-0.2, -0.15) is 5.10 Å². The molecule has 2 aliphatic rings. The van der Waals surface area contributed by atoms with E-state index in [1.807, 2.05) is 6.07 Å². The second-order valence-corrected chi connectivity index (χ2v) is 6.78. The second-order valence-electron chi connectivity index (χ2n) is 6.78. The van der Waals surface area contributed by atoms with E-state index in [0.717, 1.165) is 57.1 Å². The van der Waals surface area contributed by atoms with Gasteiger partial charge in [-0.1, -0.05) is 18.2 Å². The normalized spacial score (nSPS) is 20.8. The molecule has 0 N–H and O–H groups in total.